The summed E-state index contributed by atoms with van der Waals surface area (Å²) in [5.74, 6) is 1.25. The van der Waals surface area contributed by atoms with Crippen LogP contribution in [0.1, 0.15) is 15.9 Å². The van der Waals surface area contributed by atoms with Gasteiger partial charge in [-0.15, -0.1) is 0 Å². The van der Waals surface area contributed by atoms with Gasteiger partial charge in [-0.05, 0) is 48.4 Å². The predicted molar refractivity (Wildman–Crippen MR) is 126 cm³/mol. The van der Waals surface area contributed by atoms with Crippen molar-refractivity contribution in [3.8, 4) is 17.2 Å². The first-order valence-electron chi connectivity index (χ1n) is 10.7. The molecular formula is C26H28N2O5. The molecule has 0 saturated carbocycles. The average molecular weight is 449 g/mol. The fourth-order valence-electron chi connectivity index (χ4n) is 3.07. The molecule has 3 aromatic carbocycles. The van der Waals surface area contributed by atoms with Gasteiger partial charge in [-0.1, -0.05) is 42.5 Å². The Balaban J connectivity index is 1.40. The lowest BCUT2D eigenvalue weighted by Crippen LogP contribution is -2.31. The second kappa shape index (κ2) is 12.8. The molecule has 3 rings (SSSR count). The summed E-state index contributed by atoms with van der Waals surface area (Å²) in [6.07, 6.45) is 0.740. The van der Waals surface area contributed by atoms with Crippen LogP contribution in [-0.2, 0) is 11.2 Å². The van der Waals surface area contributed by atoms with Crippen molar-refractivity contribution < 1.29 is 23.8 Å². The van der Waals surface area contributed by atoms with Gasteiger partial charge in [0.05, 0.1) is 19.2 Å². The number of hydrogen-bond acceptors (Lipinski definition) is 5. The number of carbonyl (C=O) groups is 2. The van der Waals surface area contributed by atoms with Crippen LogP contribution in [0.3, 0.4) is 0 Å². The molecule has 33 heavy (non-hydrogen) atoms. The topological polar surface area (TPSA) is 85.9 Å². The molecular weight excluding hydrogens is 420 g/mol. The Morgan fingerprint density at radius 3 is 2.21 bits per heavy atom. The largest absolute Gasteiger partial charge is 0.497 e. The number of hydrogen-bond donors (Lipinski definition) is 2. The van der Waals surface area contributed by atoms with Gasteiger partial charge in [-0.2, -0.15) is 0 Å². The van der Waals surface area contributed by atoms with E-state index < -0.39 is 0 Å². The Bertz CT molecular complexity index is 1020. The van der Waals surface area contributed by atoms with E-state index in [-0.39, 0.29) is 18.4 Å². The summed E-state index contributed by atoms with van der Waals surface area (Å²) in [6.45, 7) is 0.978. The van der Waals surface area contributed by atoms with Crippen LogP contribution in [0.15, 0.2) is 78.9 Å². The van der Waals surface area contributed by atoms with Crippen LogP contribution in [0.25, 0.3) is 0 Å². The number of para-hydroxylation sites is 1. The van der Waals surface area contributed by atoms with E-state index in [9.17, 15) is 9.59 Å². The van der Waals surface area contributed by atoms with Gasteiger partial charge in [0.15, 0.2) is 6.61 Å². The molecule has 172 valence electrons. The van der Waals surface area contributed by atoms with E-state index in [2.05, 4.69) is 10.6 Å². The van der Waals surface area contributed by atoms with Crippen LogP contribution in [0.4, 0.5) is 0 Å². The Kier molecular flexibility index (Phi) is 9.15. The highest BCUT2D eigenvalue weighted by Gasteiger charge is 2.13. The molecule has 0 bridgehead atoms. The monoisotopic (exact) mass is 448 g/mol. The SMILES string of the molecule is COc1ccc(OCCNC(=O)c2ccccc2OCC(=O)NCCc2ccccc2)cc1. The molecule has 0 aliphatic rings. The van der Waals surface area contributed by atoms with Crippen LogP contribution >= 0.6 is 0 Å². The fourth-order valence-corrected chi connectivity index (χ4v) is 3.07. The molecule has 0 atom stereocenters. The summed E-state index contributed by atoms with van der Waals surface area (Å²) in [5, 5.41) is 5.63. The highest BCUT2D eigenvalue weighted by molar-refractivity contribution is 5.97. The normalized spacial score (nSPS) is 10.2. The summed E-state index contributed by atoms with van der Waals surface area (Å²) in [7, 11) is 1.60. The quantitative estimate of drug-likeness (QED) is 0.416. The molecule has 0 radical (unpaired) electrons. The Hall–Kier alpha value is -4.00. The molecule has 0 saturated heterocycles. The number of nitrogens with one attached hydrogen (secondary N) is 2. The molecule has 7 nitrogen and oxygen atoms in total. The van der Waals surface area contributed by atoms with E-state index in [1.54, 1.807) is 55.6 Å². The van der Waals surface area contributed by atoms with E-state index in [0.717, 1.165) is 17.7 Å². The minimum absolute atomic E-state index is 0.167. The van der Waals surface area contributed by atoms with Gasteiger partial charge in [-0.3, -0.25) is 9.59 Å². The zero-order chi connectivity index (χ0) is 23.3. The molecule has 0 aliphatic heterocycles. The van der Waals surface area contributed by atoms with Crippen molar-refractivity contribution in [1.29, 1.82) is 0 Å². The maximum atomic E-state index is 12.6. The van der Waals surface area contributed by atoms with Crippen molar-refractivity contribution in [3.05, 3.63) is 90.0 Å². The first kappa shape index (κ1) is 23.7. The Morgan fingerprint density at radius 1 is 0.758 bits per heavy atom. The lowest BCUT2D eigenvalue weighted by molar-refractivity contribution is -0.123. The van der Waals surface area contributed by atoms with E-state index in [1.165, 1.54) is 0 Å². The van der Waals surface area contributed by atoms with Crippen molar-refractivity contribution in [1.82, 2.24) is 10.6 Å². The minimum Gasteiger partial charge on any atom is -0.497 e. The highest BCUT2D eigenvalue weighted by atomic mass is 16.5. The maximum Gasteiger partial charge on any atom is 0.257 e. The van der Waals surface area contributed by atoms with Gasteiger partial charge in [-0.25, -0.2) is 0 Å². The Morgan fingerprint density at radius 2 is 1.45 bits per heavy atom. The first-order valence-corrected chi connectivity index (χ1v) is 10.7. The van der Waals surface area contributed by atoms with Gasteiger partial charge in [0.2, 0.25) is 0 Å². The van der Waals surface area contributed by atoms with Gasteiger partial charge in [0.25, 0.3) is 11.8 Å². The molecule has 2 N–H and O–H groups in total. The number of benzene rings is 3. The molecule has 7 heteroatoms. The standard InChI is InChI=1S/C26H28N2O5/c1-31-21-11-13-22(14-12-21)32-18-17-28-26(30)23-9-5-6-10-24(23)33-19-25(29)27-16-15-20-7-3-2-4-8-20/h2-14H,15-19H2,1H3,(H,27,29)(H,28,30). The van der Waals surface area contributed by atoms with Crippen molar-refractivity contribution in [2.75, 3.05) is 33.4 Å². The van der Waals surface area contributed by atoms with Crippen molar-refractivity contribution >= 4 is 11.8 Å². The lowest BCUT2D eigenvalue weighted by atomic mass is 10.1. The molecule has 3 aromatic rings. The van der Waals surface area contributed by atoms with E-state index in [1.807, 2.05) is 30.3 Å². The van der Waals surface area contributed by atoms with E-state index in [4.69, 9.17) is 14.2 Å². The van der Waals surface area contributed by atoms with Crippen molar-refractivity contribution in [3.63, 3.8) is 0 Å². The number of amides is 2. The maximum absolute atomic E-state index is 12.6. The molecule has 0 spiro atoms. The molecule has 0 unspecified atom stereocenters. The van der Waals surface area contributed by atoms with Crippen LogP contribution < -0.4 is 24.8 Å². The smallest absolute Gasteiger partial charge is 0.257 e. The van der Waals surface area contributed by atoms with Crippen LogP contribution in [0.2, 0.25) is 0 Å². The summed E-state index contributed by atoms with van der Waals surface area (Å²) < 4.78 is 16.3. The number of methoxy groups -OCH3 is 1. The van der Waals surface area contributed by atoms with Crippen LogP contribution in [0, 0.1) is 0 Å². The molecule has 2 amide bonds. The van der Waals surface area contributed by atoms with Gasteiger partial charge < -0.3 is 24.8 Å². The molecule has 0 aliphatic carbocycles. The zero-order valence-corrected chi connectivity index (χ0v) is 18.6. The first-order chi connectivity index (χ1) is 16.2. The molecule has 0 aromatic heterocycles. The number of ether oxygens (including phenoxy) is 3. The summed E-state index contributed by atoms with van der Waals surface area (Å²) in [5.41, 5.74) is 1.51. The average Bonchev–Trinajstić information content (AvgIpc) is 2.86. The Labute approximate surface area is 193 Å². The predicted octanol–water partition coefficient (Wildman–Crippen LogP) is 3.24. The van der Waals surface area contributed by atoms with Crippen LogP contribution in [0.5, 0.6) is 17.2 Å². The second-order valence-corrected chi connectivity index (χ2v) is 7.15. The van der Waals surface area contributed by atoms with Gasteiger partial charge >= 0.3 is 0 Å². The van der Waals surface area contributed by atoms with Crippen molar-refractivity contribution in [2.45, 2.75) is 6.42 Å². The van der Waals surface area contributed by atoms with Gasteiger partial charge in [0.1, 0.15) is 23.9 Å². The number of carbonyl (C=O) groups excluding carboxylic acids is 2. The number of rotatable bonds is 12. The third-order valence-corrected chi connectivity index (χ3v) is 4.78. The summed E-state index contributed by atoms with van der Waals surface area (Å²) >= 11 is 0. The fraction of sp³-hybridized carbons (Fsp3) is 0.231. The molecule has 0 fully saturated rings. The summed E-state index contributed by atoms with van der Waals surface area (Å²) in [4.78, 5) is 24.7. The molecule has 0 heterocycles. The zero-order valence-electron chi connectivity index (χ0n) is 18.6. The van der Waals surface area contributed by atoms with E-state index in [0.29, 0.717) is 36.8 Å². The third-order valence-electron chi connectivity index (χ3n) is 4.78. The van der Waals surface area contributed by atoms with Crippen molar-refractivity contribution in [2.24, 2.45) is 0 Å². The minimum atomic E-state index is -0.298. The van der Waals surface area contributed by atoms with Crippen LogP contribution in [-0.4, -0.2) is 45.2 Å². The lowest BCUT2D eigenvalue weighted by Gasteiger charge is -2.12. The van der Waals surface area contributed by atoms with Gasteiger partial charge in [0, 0.05) is 6.54 Å². The third kappa shape index (κ3) is 7.88. The summed E-state index contributed by atoms with van der Waals surface area (Å²) in [6, 6.07) is 23.9. The second-order valence-electron chi connectivity index (χ2n) is 7.15. The van der Waals surface area contributed by atoms with E-state index >= 15 is 0 Å². The highest BCUT2D eigenvalue weighted by Crippen LogP contribution is 2.18.